The summed E-state index contributed by atoms with van der Waals surface area (Å²) in [5, 5.41) is 0. The first-order valence-electron chi connectivity index (χ1n) is 5.28. The van der Waals surface area contributed by atoms with E-state index in [4.69, 9.17) is 15.3 Å². The van der Waals surface area contributed by atoms with E-state index in [1.54, 1.807) is 0 Å². The number of rotatable bonds is 7. The number of halogens is 2. The van der Waals surface area contributed by atoms with E-state index in [1.165, 1.54) is 0 Å². The van der Waals surface area contributed by atoms with E-state index < -0.39 is 5.91 Å². The second-order valence-corrected chi connectivity index (χ2v) is 5.15. The molecule has 1 aromatic rings. The second-order valence-electron chi connectivity index (χ2n) is 3.38. The number of carbonyl (C=O) groups excluding carboxylic acids is 1. The maximum absolute atomic E-state index is 10.5. The summed E-state index contributed by atoms with van der Waals surface area (Å²) in [5.41, 5.74) is 8.52. The molecular formula is C11H14Br2N2O3. The number of benzene rings is 1. The van der Waals surface area contributed by atoms with E-state index in [-0.39, 0.29) is 6.61 Å². The molecule has 3 N–H and O–H groups in total. The molecular weight excluding hydrogens is 368 g/mol. The van der Waals surface area contributed by atoms with Gasteiger partial charge in [0.1, 0.15) is 12.4 Å². The van der Waals surface area contributed by atoms with Gasteiger partial charge < -0.3 is 10.5 Å². The molecule has 100 valence electrons. The van der Waals surface area contributed by atoms with Crippen molar-refractivity contribution in [3.63, 3.8) is 0 Å². The normalized spacial score (nSPS) is 10.4. The van der Waals surface area contributed by atoms with Crippen molar-refractivity contribution in [1.29, 1.82) is 0 Å². The van der Waals surface area contributed by atoms with Crippen molar-refractivity contribution >= 4 is 37.8 Å². The van der Waals surface area contributed by atoms with Gasteiger partial charge in [-0.15, -0.1) is 0 Å². The number of hydroxylamine groups is 1. The summed E-state index contributed by atoms with van der Waals surface area (Å²) in [5.74, 6) is 0.221. The largest absolute Gasteiger partial charge is 0.492 e. The minimum Gasteiger partial charge on any atom is -0.492 e. The van der Waals surface area contributed by atoms with E-state index >= 15 is 0 Å². The Bertz CT molecular complexity index is 427. The molecule has 0 spiro atoms. The van der Waals surface area contributed by atoms with Crippen LogP contribution in [0.1, 0.15) is 12.5 Å². The van der Waals surface area contributed by atoms with Gasteiger partial charge in [-0.2, -0.15) is 5.48 Å². The van der Waals surface area contributed by atoms with Gasteiger partial charge in [0.25, 0.3) is 0 Å². The van der Waals surface area contributed by atoms with E-state index in [1.807, 2.05) is 19.1 Å². The molecule has 0 heterocycles. The summed E-state index contributed by atoms with van der Waals surface area (Å²) in [4.78, 5) is 15.4. The fourth-order valence-corrected chi connectivity index (χ4v) is 2.73. The van der Waals surface area contributed by atoms with Crippen LogP contribution in [0.2, 0.25) is 0 Å². The Balaban J connectivity index is 2.70. The highest BCUT2D eigenvalue weighted by Gasteiger charge is 2.10. The fourth-order valence-electron chi connectivity index (χ4n) is 1.30. The first kappa shape index (κ1) is 15.4. The average Bonchev–Trinajstić information content (AvgIpc) is 2.28. The standard InChI is InChI=1S/C11H14Br2N2O3/c1-2-17-11-7(3-8(12)4-9(11)13)5-15-18-6-10(14)16/h3-4,15H,2,5-6H2,1H3,(H2,14,16). The molecule has 1 rings (SSSR count). The smallest absolute Gasteiger partial charge is 0.245 e. The summed E-state index contributed by atoms with van der Waals surface area (Å²) in [6.45, 7) is 2.71. The summed E-state index contributed by atoms with van der Waals surface area (Å²) in [6, 6.07) is 3.81. The van der Waals surface area contributed by atoms with Crippen LogP contribution in [0, 0.1) is 0 Å². The zero-order chi connectivity index (χ0) is 13.5. The van der Waals surface area contributed by atoms with Gasteiger partial charge in [0.2, 0.25) is 5.91 Å². The van der Waals surface area contributed by atoms with Crippen LogP contribution in [0.25, 0.3) is 0 Å². The predicted molar refractivity (Wildman–Crippen MR) is 75.0 cm³/mol. The molecule has 0 bridgehead atoms. The van der Waals surface area contributed by atoms with Crippen molar-refractivity contribution < 1.29 is 14.4 Å². The first-order valence-corrected chi connectivity index (χ1v) is 6.86. The molecule has 7 heteroatoms. The summed E-state index contributed by atoms with van der Waals surface area (Å²) in [6.07, 6.45) is 0. The van der Waals surface area contributed by atoms with Crippen molar-refractivity contribution in [2.75, 3.05) is 13.2 Å². The lowest BCUT2D eigenvalue weighted by molar-refractivity contribution is -0.125. The third kappa shape index (κ3) is 4.93. The average molecular weight is 382 g/mol. The summed E-state index contributed by atoms with van der Waals surface area (Å²) >= 11 is 6.84. The first-order chi connectivity index (χ1) is 8.54. The monoisotopic (exact) mass is 380 g/mol. The Morgan fingerprint density at radius 3 is 2.78 bits per heavy atom. The van der Waals surface area contributed by atoms with Crippen molar-refractivity contribution in [3.8, 4) is 5.75 Å². The van der Waals surface area contributed by atoms with Gasteiger partial charge in [0, 0.05) is 16.6 Å². The SMILES string of the molecule is CCOc1c(Br)cc(Br)cc1CNOCC(N)=O. The lowest BCUT2D eigenvalue weighted by Gasteiger charge is -2.13. The molecule has 1 aromatic carbocycles. The molecule has 5 nitrogen and oxygen atoms in total. The van der Waals surface area contributed by atoms with E-state index in [2.05, 4.69) is 37.3 Å². The maximum atomic E-state index is 10.5. The Labute approximate surface area is 122 Å². The zero-order valence-electron chi connectivity index (χ0n) is 9.83. The van der Waals surface area contributed by atoms with Gasteiger partial charge in [-0.05, 0) is 35.0 Å². The number of hydrogen-bond donors (Lipinski definition) is 2. The molecule has 0 atom stereocenters. The van der Waals surface area contributed by atoms with Crippen LogP contribution in [0.15, 0.2) is 21.1 Å². The van der Waals surface area contributed by atoms with E-state index in [9.17, 15) is 4.79 Å². The quantitative estimate of drug-likeness (QED) is 0.560. The highest BCUT2D eigenvalue weighted by molar-refractivity contribution is 9.11. The topological polar surface area (TPSA) is 73.6 Å². The Kier molecular flexibility index (Phi) is 6.62. The van der Waals surface area contributed by atoms with Crippen LogP contribution in [0.3, 0.4) is 0 Å². The van der Waals surface area contributed by atoms with Crippen LogP contribution >= 0.6 is 31.9 Å². The zero-order valence-corrected chi connectivity index (χ0v) is 13.0. The van der Waals surface area contributed by atoms with Crippen LogP contribution < -0.4 is 16.0 Å². The molecule has 0 aromatic heterocycles. The van der Waals surface area contributed by atoms with E-state index in [0.717, 1.165) is 20.3 Å². The molecule has 0 fully saturated rings. The maximum Gasteiger partial charge on any atom is 0.245 e. The summed E-state index contributed by atoms with van der Waals surface area (Å²) in [7, 11) is 0. The van der Waals surface area contributed by atoms with Gasteiger partial charge in [-0.25, -0.2) is 0 Å². The highest BCUT2D eigenvalue weighted by atomic mass is 79.9. The lowest BCUT2D eigenvalue weighted by atomic mass is 10.2. The van der Waals surface area contributed by atoms with Gasteiger partial charge in [-0.3, -0.25) is 9.63 Å². The molecule has 18 heavy (non-hydrogen) atoms. The minimum atomic E-state index is -0.525. The molecule has 0 aliphatic heterocycles. The minimum absolute atomic E-state index is 0.168. The fraction of sp³-hybridized carbons (Fsp3) is 0.364. The van der Waals surface area contributed by atoms with Crippen molar-refractivity contribution in [3.05, 3.63) is 26.6 Å². The molecule has 0 radical (unpaired) electrons. The van der Waals surface area contributed by atoms with Gasteiger partial charge in [0.15, 0.2) is 0 Å². The number of amides is 1. The number of nitrogens with one attached hydrogen (secondary N) is 1. The molecule has 0 aliphatic carbocycles. The molecule has 1 amide bonds. The summed E-state index contributed by atoms with van der Waals surface area (Å²) < 4.78 is 7.32. The van der Waals surface area contributed by atoms with Crippen LogP contribution in [0.5, 0.6) is 5.75 Å². The molecule has 0 aliphatic rings. The van der Waals surface area contributed by atoms with E-state index in [0.29, 0.717) is 13.2 Å². The highest BCUT2D eigenvalue weighted by Crippen LogP contribution is 2.32. The van der Waals surface area contributed by atoms with Crippen molar-refractivity contribution in [2.24, 2.45) is 5.73 Å². The van der Waals surface area contributed by atoms with Crippen molar-refractivity contribution in [2.45, 2.75) is 13.5 Å². The van der Waals surface area contributed by atoms with Gasteiger partial charge in [-0.1, -0.05) is 15.9 Å². The number of ether oxygens (including phenoxy) is 1. The Hall–Kier alpha value is -0.630. The number of carbonyl (C=O) groups is 1. The number of hydrogen-bond acceptors (Lipinski definition) is 4. The number of nitrogens with two attached hydrogens (primary N) is 1. The van der Waals surface area contributed by atoms with Gasteiger partial charge in [0.05, 0.1) is 11.1 Å². The van der Waals surface area contributed by atoms with Crippen LogP contribution in [-0.2, 0) is 16.2 Å². The lowest BCUT2D eigenvalue weighted by Crippen LogP contribution is -2.24. The molecule has 0 saturated heterocycles. The van der Waals surface area contributed by atoms with Crippen molar-refractivity contribution in [1.82, 2.24) is 5.48 Å². The third-order valence-corrected chi connectivity index (χ3v) is 3.00. The molecule has 0 saturated carbocycles. The van der Waals surface area contributed by atoms with Crippen LogP contribution in [0.4, 0.5) is 0 Å². The number of primary amides is 1. The van der Waals surface area contributed by atoms with Crippen LogP contribution in [-0.4, -0.2) is 19.1 Å². The third-order valence-electron chi connectivity index (χ3n) is 1.95. The van der Waals surface area contributed by atoms with Gasteiger partial charge >= 0.3 is 0 Å². The Morgan fingerprint density at radius 2 is 2.17 bits per heavy atom. The predicted octanol–water partition coefficient (Wildman–Crippen LogP) is 2.12. The molecule has 0 unspecified atom stereocenters. The second kappa shape index (κ2) is 7.73. The Morgan fingerprint density at radius 1 is 1.44 bits per heavy atom.